The molecule has 2 aromatic carbocycles. The average Bonchev–Trinajstić information content (AvgIpc) is 3.51. The lowest BCUT2D eigenvalue weighted by atomic mass is 9.99. The van der Waals surface area contributed by atoms with Crippen molar-refractivity contribution < 1.29 is 9.26 Å². The highest BCUT2D eigenvalue weighted by Gasteiger charge is 2.21. The predicted octanol–water partition coefficient (Wildman–Crippen LogP) is 7.25. The van der Waals surface area contributed by atoms with Gasteiger partial charge in [0.15, 0.2) is 0 Å². The molecule has 37 heavy (non-hydrogen) atoms. The molecule has 0 unspecified atom stereocenters. The lowest BCUT2D eigenvalue weighted by Crippen LogP contribution is -1.99. The Labute approximate surface area is 218 Å². The quantitative estimate of drug-likeness (QED) is 0.254. The molecule has 0 saturated carbocycles. The van der Waals surface area contributed by atoms with Crippen LogP contribution in [0.3, 0.4) is 0 Å². The second kappa shape index (κ2) is 8.78. The minimum absolute atomic E-state index is 0.632. The molecule has 6 aromatic rings. The molecule has 0 aliphatic rings. The third-order valence-corrected chi connectivity index (χ3v) is 7.00. The van der Waals surface area contributed by atoms with E-state index in [1.54, 1.807) is 7.11 Å². The number of aromatic nitrogens is 5. The largest absolute Gasteiger partial charge is 0.496 e. The Morgan fingerprint density at radius 1 is 1.00 bits per heavy atom. The number of methoxy groups -OCH3 is 1. The van der Waals surface area contributed by atoms with Gasteiger partial charge in [-0.1, -0.05) is 28.9 Å². The zero-order chi connectivity index (χ0) is 25.8. The number of halogens is 1. The van der Waals surface area contributed by atoms with Crippen molar-refractivity contribution in [1.82, 2.24) is 25.1 Å². The highest BCUT2D eigenvalue weighted by Crippen LogP contribution is 2.40. The number of ether oxygens (including phenoxy) is 1. The lowest BCUT2D eigenvalue weighted by molar-refractivity contribution is 0.393. The van der Waals surface area contributed by atoms with Crippen molar-refractivity contribution in [1.29, 1.82) is 0 Å². The number of aryl methyl sites for hydroxylation is 4. The van der Waals surface area contributed by atoms with Crippen LogP contribution in [0.2, 0.25) is 5.02 Å². The molecule has 0 amide bonds. The summed E-state index contributed by atoms with van der Waals surface area (Å²) in [7, 11) is 1.68. The molecule has 7 nitrogen and oxygen atoms in total. The van der Waals surface area contributed by atoms with E-state index in [-0.39, 0.29) is 0 Å². The molecular weight excluding hydrogens is 486 g/mol. The van der Waals surface area contributed by atoms with Crippen LogP contribution in [0.25, 0.3) is 44.3 Å². The third kappa shape index (κ3) is 3.96. The van der Waals surface area contributed by atoms with Gasteiger partial charge in [0, 0.05) is 44.7 Å². The summed E-state index contributed by atoms with van der Waals surface area (Å²) in [6, 6.07) is 14.2. The van der Waals surface area contributed by atoms with E-state index < -0.39 is 0 Å². The van der Waals surface area contributed by atoms with E-state index >= 15 is 0 Å². The van der Waals surface area contributed by atoms with Crippen LogP contribution in [-0.4, -0.2) is 32.2 Å². The molecule has 0 spiro atoms. The van der Waals surface area contributed by atoms with E-state index in [4.69, 9.17) is 30.8 Å². The van der Waals surface area contributed by atoms with Crippen LogP contribution in [0.1, 0.15) is 34.2 Å². The Balaban J connectivity index is 1.55. The summed E-state index contributed by atoms with van der Waals surface area (Å²) in [6.07, 6.45) is 0.632. The second-order valence-corrected chi connectivity index (χ2v) is 9.84. The molecule has 2 N–H and O–H groups in total. The van der Waals surface area contributed by atoms with Crippen LogP contribution in [-0.2, 0) is 6.42 Å². The molecule has 0 fully saturated rings. The Kier molecular flexibility index (Phi) is 5.53. The molecule has 0 aliphatic carbocycles. The number of hydrogen-bond acceptors (Lipinski definition) is 5. The molecule has 0 aliphatic heterocycles. The molecule has 0 bridgehead atoms. The molecule has 0 saturated heterocycles. The Hall–Kier alpha value is -4.10. The number of nitrogens with zero attached hydrogens (tertiary/aromatic N) is 3. The fourth-order valence-corrected chi connectivity index (χ4v) is 5.44. The van der Waals surface area contributed by atoms with E-state index in [9.17, 15) is 0 Å². The average molecular weight is 512 g/mol. The first-order chi connectivity index (χ1) is 17.8. The molecule has 8 heteroatoms. The Morgan fingerprint density at radius 3 is 2.57 bits per heavy atom. The van der Waals surface area contributed by atoms with Crippen molar-refractivity contribution in [3.05, 3.63) is 81.7 Å². The van der Waals surface area contributed by atoms with Gasteiger partial charge in [-0.2, -0.15) is 0 Å². The standard InChI is InChI=1S/C29H26ClN5O2/c1-14-9-19(28(31-14)18-7-6-8-20(30)10-18)11-24-27-21-13-25(36-5)22(26-15(2)35-37-16(26)3)12-23(21)34-29(27)33-17(4)32-24/h6-10,12-13,31H,11H2,1-5H3,(H,32,33,34). The number of rotatable bonds is 5. The fourth-order valence-electron chi connectivity index (χ4n) is 5.25. The minimum Gasteiger partial charge on any atom is -0.496 e. The van der Waals surface area contributed by atoms with Crippen molar-refractivity contribution in [2.75, 3.05) is 7.11 Å². The third-order valence-electron chi connectivity index (χ3n) is 6.77. The first-order valence-electron chi connectivity index (χ1n) is 12.1. The smallest absolute Gasteiger partial charge is 0.142 e. The Bertz CT molecular complexity index is 1790. The normalized spacial score (nSPS) is 11.6. The molecule has 6 rings (SSSR count). The van der Waals surface area contributed by atoms with Crippen LogP contribution in [0, 0.1) is 27.7 Å². The van der Waals surface area contributed by atoms with Crippen LogP contribution in [0.15, 0.2) is 47.0 Å². The van der Waals surface area contributed by atoms with E-state index in [0.717, 1.165) is 78.5 Å². The van der Waals surface area contributed by atoms with Gasteiger partial charge in [0.1, 0.15) is 23.0 Å². The summed E-state index contributed by atoms with van der Waals surface area (Å²) in [5.41, 5.74) is 9.69. The summed E-state index contributed by atoms with van der Waals surface area (Å²) in [6.45, 7) is 7.83. The summed E-state index contributed by atoms with van der Waals surface area (Å²) in [4.78, 5) is 16.7. The fraction of sp³-hybridized carbons (Fsp3) is 0.207. The number of aromatic amines is 2. The molecular formula is C29H26ClN5O2. The lowest BCUT2D eigenvalue weighted by Gasteiger charge is -2.10. The van der Waals surface area contributed by atoms with Crippen molar-refractivity contribution in [2.45, 2.75) is 34.1 Å². The highest BCUT2D eigenvalue weighted by atomic mass is 35.5. The van der Waals surface area contributed by atoms with E-state index in [1.807, 2.05) is 39.0 Å². The number of hydrogen-bond donors (Lipinski definition) is 2. The van der Waals surface area contributed by atoms with Gasteiger partial charge in [-0.25, -0.2) is 9.97 Å². The molecule has 186 valence electrons. The monoisotopic (exact) mass is 511 g/mol. The predicted molar refractivity (Wildman–Crippen MR) is 146 cm³/mol. The van der Waals surface area contributed by atoms with E-state index in [0.29, 0.717) is 17.3 Å². The van der Waals surface area contributed by atoms with Crippen LogP contribution in [0.5, 0.6) is 5.75 Å². The molecule has 4 aromatic heterocycles. The number of nitrogens with one attached hydrogen (secondary N) is 2. The van der Waals surface area contributed by atoms with Gasteiger partial charge in [0.2, 0.25) is 0 Å². The number of H-pyrrole nitrogens is 2. The van der Waals surface area contributed by atoms with Crippen LogP contribution < -0.4 is 4.74 Å². The van der Waals surface area contributed by atoms with E-state index in [2.05, 4.69) is 46.3 Å². The minimum atomic E-state index is 0.632. The second-order valence-electron chi connectivity index (χ2n) is 9.40. The highest BCUT2D eigenvalue weighted by molar-refractivity contribution is 6.30. The zero-order valence-corrected chi connectivity index (χ0v) is 22.0. The van der Waals surface area contributed by atoms with Gasteiger partial charge in [-0.3, -0.25) is 0 Å². The number of benzene rings is 2. The van der Waals surface area contributed by atoms with Crippen molar-refractivity contribution in [2.24, 2.45) is 0 Å². The summed E-state index contributed by atoms with van der Waals surface area (Å²) < 4.78 is 11.3. The van der Waals surface area contributed by atoms with Crippen molar-refractivity contribution in [3.8, 4) is 28.1 Å². The number of fused-ring (bicyclic) bond motifs is 3. The topological polar surface area (TPSA) is 92.6 Å². The maximum Gasteiger partial charge on any atom is 0.142 e. The molecule has 0 atom stereocenters. The first-order valence-corrected chi connectivity index (χ1v) is 12.4. The van der Waals surface area contributed by atoms with Crippen molar-refractivity contribution >= 4 is 33.5 Å². The van der Waals surface area contributed by atoms with E-state index in [1.165, 1.54) is 0 Å². The Morgan fingerprint density at radius 2 is 1.84 bits per heavy atom. The summed E-state index contributed by atoms with van der Waals surface area (Å²) in [5, 5.41) is 6.83. The maximum atomic E-state index is 6.30. The zero-order valence-electron chi connectivity index (χ0n) is 21.3. The summed E-state index contributed by atoms with van der Waals surface area (Å²) in [5.74, 6) is 2.20. The van der Waals surface area contributed by atoms with Gasteiger partial charge < -0.3 is 19.2 Å². The van der Waals surface area contributed by atoms with Gasteiger partial charge in [-0.15, -0.1) is 0 Å². The van der Waals surface area contributed by atoms with Gasteiger partial charge >= 0.3 is 0 Å². The summed E-state index contributed by atoms with van der Waals surface area (Å²) >= 11 is 6.30. The van der Waals surface area contributed by atoms with Crippen LogP contribution in [0.4, 0.5) is 0 Å². The van der Waals surface area contributed by atoms with Gasteiger partial charge in [0.05, 0.1) is 24.1 Å². The molecule has 0 radical (unpaired) electrons. The molecule has 4 heterocycles. The van der Waals surface area contributed by atoms with Crippen molar-refractivity contribution in [3.63, 3.8) is 0 Å². The first kappa shape index (κ1) is 23.3. The maximum absolute atomic E-state index is 6.30. The van der Waals surface area contributed by atoms with Gasteiger partial charge in [0.25, 0.3) is 0 Å². The van der Waals surface area contributed by atoms with Crippen LogP contribution >= 0.6 is 11.6 Å². The van der Waals surface area contributed by atoms with Gasteiger partial charge in [-0.05, 0) is 69.2 Å². The SMILES string of the molecule is COc1cc2c(cc1-c1c(C)noc1C)[nH]c1nc(C)nc(Cc3cc(C)[nH]c3-c3cccc(Cl)c3)c12.